The summed E-state index contributed by atoms with van der Waals surface area (Å²) in [6.45, 7) is 4.27. The van der Waals surface area contributed by atoms with Crippen LogP contribution in [0, 0.1) is 0 Å². The summed E-state index contributed by atoms with van der Waals surface area (Å²) in [5.74, 6) is 0.417. The number of amides is 1. The lowest BCUT2D eigenvalue weighted by Gasteiger charge is -2.24. The van der Waals surface area contributed by atoms with Gasteiger partial charge in [0.25, 0.3) is 0 Å². The van der Waals surface area contributed by atoms with Gasteiger partial charge in [-0.2, -0.15) is 0 Å². The Kier molecular flexibility index (Phi) is 6.52. The van der Waals surface area contributed by atoms with Crippen LogP contribution in [-0.2, 0) is 4.79 Å². The molecular weight excluding hydrogens is 304 g/mol. The highest BCUT2D eigenvalue weighted by Gasteiger charge is 2.17. The largest absolute Gasteiger partial charge is 0.349 e. The fourth-order valence-electron chi connectivity index (χ4n) is 1.87. The Balaban J connectivity index is 0.00000220. The van der Waals surface area contributed by atoms with Gasteiger partial charge in [-0.1, -0.05) is 30.3 Å². The van der Waals surface area contributed by atoms with Crippen LogP contribution in [0.25, 0.3) is 10.8 Å². The van der Waals surface area contributed by atoms with E-state index in [0.29, 0.717) is 12.3 Å². The summed E-state index contributed by atoms with van der Waals surface area (Å²) < 4.78 is 0. The molecule has 2 aromatic rings. The number of nitrogens with one attached hydrogen (secondary N) is 1. The van der Waals surface area contributed by atoms with Crippen molar-refractivity contribution in [2.45, 2.75) is 24.3 Å². The summed E-state index contributed by atoms with van der Waals surface area (Å²) in [5, 5.41) is 5.34. The number of hydrogen-bond acceptors (Lipinski definition) is 3. The fourth-order valence-corrected chi connectivity index (χ4v) is 2.62. The zero-order valence-electron chi connectivity index (χ0n) is 12.3. The summed E-state index contributed by atoms with van der Waals surface area (Å²) in [7, 11) is 0. The number of fused-ring (bicyclic) bond motifs is 1. The first-order valence-electron chi connectivity index (χ1n) is 6.63. The molecule has 3 N–H and O–H groups in total. The Morgan fingerprint density at radius 2 is 1.86 bits per heavy atom. The van der Waals surface area contributed by atoms with Gasteiger partial charge >= 0.3 is 0 Å². The number of rotatable bonds is 5. The zero-order valence-corrected chi connectivity index (χ0v) is 13.9. The lowest BCUT2D eigenvalue weighted by molar-refractivity contribution is -0.120. The SMILES string of the molecule is CC(C)(CN)NC(=O)CSc1ccc2ccccc2c1.Cl. The molecule has 5 heteroatoms. The molecule has 114 valence electrons. The Hall–Kier alpha value is -1.23. The molecule has 0 aliphatic rings. The second-order valence-electron chi connectivity index (χ2n) is 5.43. The maximum atomic E-state index is 11.9. The van der Waals surface area contributed by atoms with Crippen LogP contribution < -0.4 is 11.1 Å². The van der Waals surface area contributed by atoms with Gasteiger partial charge in [0.15, 0.2) is 0 Å². The minimum atomic E-state index is -0.346. The van der Waals surface area contributed by atoms with E-state index < -0.39 is 0 Å². The summed E-state index contributed by atoms with van der Waals surface area (Å²) >= 11 is 1.54. The lowest BCUT2D eigenvalue weighted by atomic mass is 10.1. The van der Waals surface area contributed by atoms with Crippen LogP contribution in [0.15, 0.2) is 47.4 Å². The molecule has 3 nitrogen and oxygen atoms in total. The van der Waals surface area contributed by atoms with Gasteiger partial charge in [0, 0.05) is 17.0 Å². The topological polar surface area (TPSA) is 55.1 Å². The molecule has 2 rings (SSSR count). The van der Waals surface area contributed by atoms with E-state index >= 15 is 0 Å². The van der Waals surface area contributed by atoms with Crippen LogP contribution in [0.2, 0.25) is 0 Å². The van der Waals surface area contributed by atoms with Gasteiger partial charge in [-0.15, -0.1) is 24.2 Å². The molecule has 1 amide bonds. The van der Waals surface area contributed by atoms with Crippen molar-refractivity contribution in [3.63, 3.8) is 0 Å². The maximum Gasteiger partial charge on any atom is 0.230 e. The van der Waals surface area contributed by atoms with E-state index in [9.17, 15) is 4.79 Å². The van der Waals surface area contributed by atoms with Gasteiger partial charge < -0.3 is 11.1 Å². The molecule has 2 aromatic carbocycles. The molecule has 0 fully saturated rings. The molecule has 0 heterocycles. The van der Waals surface area contributed by atoms with Crippen LogP contribution in [0.4, 0.5) is 0 Å². The molecule has 0 saturated heterocycles. The van der Waals surface area contributed by atoms with Crippen molar-refractivity contribution in [2.75, 3.05) is 12.3 Å². The predicted molar refractivity (Wildman–Crippen MR) is 93.2 cm³/mol. The third-order valence-electron chi connectivity index (χ3n) is 3.08. The molecule has 0 saturated carbocycles. The van der Waals surface area contributed by atoms with Crippen molar-refractivity contribution in [3.05, 3.63) is 42.5 Å². The average Bonchev–Trinajstić information content (AvgIpc) is 2.44. The molecular formula is C16H21ClN2OS. The predicted octanol–water partition coefficient (Wildman–Crippen LogP) is 3.21. The van der Waals surface area contributed by atoms with Crippen molar-refractivity contribution < 1.29 is 4.79 Å². The van der Waals surface area contributed by atoms with Gasteiger partial charge in [0.1, 0.15) is 0 Å². The van der Waals surface area contributed by atoms with Crippen LogP contribution >= 0.6 is 24.2 Å². The van der Waals surface area contributed by atoms with E-state index in [2.05, 4.69) is 29.6 Å². The summed E-state index contributed by atoms with van der Waals surface area (Å²) in [6.07, 6.45) is 0. The van der Waals surface area contributed by atoms with E-state index in [0.717, 1.165) is 4.90 Å². The normalized spacial score (nSPS) is 11.0. The number of carbonyl (C=O) groups excluding carboxylic acids is 1. The Labute approximate surface area is 136 Å². The van der Waals surface area contributed by atoms with E-state index in [1.807, 2.05) is 32.0 Å². The second-order valence-corrected chi connectivity index (χ2v) is 6.48. The van der Waals surface area contributed by atoms with Crippen molar-refractivity contribution in [1.82, 2.24) is 5.32 Å². The molecule has 21 heavy (non-hydrogen) atoms. The highest BCUT2D eigenvalue weighted by molar-refractivity contribution is 8.00. The summed E-state index contributed by atoms with van der Waals surface area (Å²) in [6, 6.07) is 14.5. The van der Waals surface area contributed by atoms with E-state index in [4.69, 9.17) is 5.73 Å². The average molecular weight is 325 g/mol. The van der Waals surface area contributed by atoms with Crippen LogP contribution in [0.1, 0.15) is 13.8 Å². The second kappa shape index (κ2) is 7.69. The smallest absolute Gasteiger partial charge is 0.230 e. The summed E-state index contributed by atoms with van der Waals surface area (Å²) in [5.41, 5.74) is 5.26. The molecule has 0 atom stereocenters. The number of hydrogen-bond donors (Lipinski definition) is 2. The van der Waals surface area contributed by atoms with Crippen LogP contribution in [0.5, 0.6) is 0 Å². The molecule has 0 spiro atoms. The number of nitrogens with two attached hydrogens (primary N) is 1. The molecule has 0 bridgehead atoms. The third kappa shape index (κ3) is 5.23. The van der Waals surface area contributed by atoms with Crippen molar-refractivity contribution in [3.8, 4) is 0 Å². The van der Waals surface area contributed by atoms with Crippen LogP contribution in [-0.4, -0.2) is 23.7 Å². The molecule has 0 aromatic heterocycles. The first-order valence-corrected chi connectivity index (χ1v) is 7.61. The molecule has 0 aliphatic heterocycles. The van der Waals surface area contributed by atoms with Gasteiger partial charge in [-0.25, -0.2) is 0 Å². The lowest BCUT2D eigenvalue weighted by Crippen LogP contribution is -2.49. The summed E-state index contributed by atoms with van der Waals surface area (Å²) in [4.78, 5) is 13.0. The fraction of sp³-hybridized carbons (Fsp3) is 0.312. The monoisotopic (exact) mass is 324 g/mol. The van der Waals surface area contributed by atoms with Crippen molar-refractivity contribution in [1.29, 1.82) is 0 Å². The van der Waals surface area contributed by atoms with E-state index in [1.54, 1.807) is 11.8 Å². The highest BCUT2D eigenvalue weighted by atomic mass is 35.5. The minimum Gasteiger partial charge on any atom is -0.349 e. The molecule has 0 unspecified atom stereocenters. The first kappa shape index (κ1) is 17.8. The van der Waals surface area contributed by atoms with Crippen LogP contribution in [0.3, 0.4) is 0 Å². The van der Waals surface area contributed by atoms with E-state index in [-0.39, 0.29) is 23.9 Å². The molecule has 0 radical (unpaired) electrons. The Morgan fingerprint density at radius 1 is 1.19 bits per heavy atom. The number of carbonyl (C=O) groups is 1. The molecule has 0 aliphatic carbocycles. The zero-order chi connectivity index (χ0) is 14.6. The minimum absolute atomic E-state index is 0. The Morgan fingerprint density at radius 3 is 2.52 bits per heavy atom. The highest BCUT2D eigenvalue weighted by Crippen LogP contribution is 2.23. The first-order chi connectivity index (χ1) is 9.50. The Bertz CT molecular complexity index is 616. The van der Waals surface area contributed by atoms with Gasteiger partial charge in [-0.05, 0) is 36.8 Å². The standard InChI is InChI=1S/C16H20N2OS.ClH/c1-16(2,11-17)18-15(19)10-20-14-8-7-12-5-3-4-6-13(12)9-14;/h3-9H,10-11,17H2,1-2H3,(H,18,19);1H. The third-order valence-corrected chi connectivity index (χ3v) is 4.07. The number of thioether (sulfide) groups is 1. The number of halogens is 1. The quantitative estimate of drug-likeness (QED) is 0.830. The van der Waals surface area contributed by atoms with Gasteiger partial charge in [-0.3, -0.25) is 4.79 Å². The van der Waals surface area contributed by atoms with Gasteiger partial charge in [0.05, 0.1) is 5.75 Å². The maximum absolute atomic E-state index is 11.9. The van der Waals surface area contributed by atoms with Crippen molar-refractivity contribution in [2.24, 2.45) is 5.73 Å². The van der Waals surface area contributed by atoms with Gasteiger partial charge in [0.2, 0.25) is 5.91 Å². The van der Waals surface area contributed by atoms with Crippen molar-refractivity contribution >= 4 is 40.8 Å². The van der Waals surface area contributed by atoms with E-state index in [1.165, 1.54) is 10.8 Å². The number of benzene rings is 2.